The van der Waals surface area contributed by atoms with Crippen LogP contribution in [0, 0.1) is 0 Å². The van der Waals surface area contributed by atoms with Gasteiger partial charge in [0.15, 0.2) is 11.5 Å². The van der Waals surface area contributed by atoms with Gasteiger partial charge in [-0.05, 0) is 63.4 Å². The normalized spacial score (nSPS) is 18.1. The minimum atomic E-state index is -4.73. The first kappa shape index (κ1) is 29.8. The summed E-state index contributed by atoms with van der Waals surface area (Å²) in [5, 5.41) is 10.7. The fourth-order valence-electron chi connectivity index (χ4n) is 4.49. The molecule has 2 aromatic rings. The molecule has 2 unspecified atom stereocenters. The molecule has 2 heterocycles. The molecule has 0 aliphatic carbocycles. The number of alkyl halides is 3. The van der Waals surface area contributed by atoms with Crippen LogP contribution in [-0.4, -0.2) is 55.5 Å². The Bertz CT molecular complexity index is 1330. The SMILES string of the molecule is CC(C)(C)OC(=O)Nc1ccc(C(F)(F)F)cc1C(=O)NCC(=O)NC1CNC(Cc2cc3c(cc2N)OCO3)C1. The Morgan fingerprint density at radius 2 is 1.80 bits per heavy atom. The first-order valence-corrected chi connectivity index (χ1v) is 12.9. The van der Waals surface area contributed by atoms with Crippen LogP contribution in [0.25, 0.3) is 0 Å². The Morgan fingerprint density at radius 1 is 1.10 bits per heavy atom. The average molecular weight is 580 g/mol. The van der Waals surface area contributed by atoms with Gasteiger partial charge in [0.1, 0.15) is 5.60 Å². The summed E-state index contributed by atoms with van der Waals surface area (Å²) in [5.74, 6) is -0.284. The van der Waals surface area contributed by atoms with Crippen molar-refractivity contribution in [3.8, 4) is 11.5 Å². The van der Waals surface area contributed by atoms with Gasteiger partial charge in [0.2, 0.25) is 12.7 Å². The van der Waals surface area contributed by atoms with Crippen molar-refractivity contribution < 1.29 is 41.8 Å². The van der Waals surface area contributed by atoms with Gasteiger partial charge in [-0.25, -0.2) is 4.79 Å². The van der Waals surface area contributed by atoms with Crippen molar-refractivity contribution in [2.75, 3.05) is 30.9 Å². The number of nitrogens with one attached hydrogen (secondary N) is 4. The van der Waals surface area contributed by atoms with Crippen molar-refractivity contribution in [3.05, 3.63) is 47.0 Å². The monoisotopic (exact) mass is 579 g/mol. The van der Waals surface area contributed by atoms with E-state index in [2.05, 4.69) is 21.3 Å². The zero-order chi connectivity index (χ0) is 29.9. The first-order chi connectivity index (χ1) is 19.2. The lowest BCUT2D eigenvalue weighted by atomic mass is 10.0. The van der Waals surface area contributed by atoms with Crippen molar-refractivity contribution in [1.29, 1.82) is 0 Å². The smallest absolute Gasteiger partial charge is 0.416 e. The number of carbonyl (C=O) groups is 3. The van der Waals surface area contributed by atoms with E-state index in [0.717, 1.165) is 17.7 Å². The van der Waals surface area contributed by atoms with Crippen molar-refractivity contribution in [3.63, 3.8) is 0 Å². The first-order valence-electron chi connectivity index (χ1n) is 12.9. The van der Waals surface area contributed by atoms with E-state index in [4.69, 9.17) is 19.9 Å². The number of halogens is 3. The second kappa shape index (κ2) is 11.7. The Hall–Kier alpha value is -4.20. The zero-order valence-corrected chi connectivity index (χ0v) is 22.7. The molecule has 1 fully saturated rings. The van der Waals surface area contributed by atoms with Crippen LogP contribution in [0.4, 0.5) is 29.3 Å². The lowest BCUT2D eigenvalue weighted by Crippen LogP contribution is -2.43. The molecule has 1 saturated heterocycles. The van der Waals surface area contributed by atoms with E-state index in [0.29, 0.717) is 42.6 Å². The van der Waals surface area contributed by atoms with Gasteiger partial charge in [0.05, 0.1) is 23.4 Å². The minimum Gasteiger partial charge on any atom is -0.454 e. The predicted octanol–water partition coefficient (Wildman–Crippen LogP) is 3.18. The fourth-order valence-corrected chi connectivity index (χ4v) is 4.49. The van der Waals surface area contributed by atoms with E-state index >= 15 is 0 Å². The zero-order valence-electron chi connectivity index (χ0n) is 22.7. The lowest BCUT2D eigenvalue weighted by molar-refractivity contribution is -0.137. The molecular formula is C27H32F3N5O6. The summed E-state index contributed by atoms with van der Waals surface area (Å²) in [5.41, 5.74) is 4.95. The van der Waals surface area contributed by atoms with Gasteiger partial charge in [0.25, 0.3) is 5.91 Å². The molecular weight excluding hydrogens is 547 g/mol. The molecule has 4 rings (SSSR count). The second-order valence-corrected chi connectivity index (χ2v) is 10.8. The summed E-state index contributed by atoms with van der Waals surface area (Å²) in [4.78, 5) is 37.6. The Balaban J connectivity index is 1.33. The molecule has 3 amide bonds. The number of hydrogen-bond acceptors (Lipinski definition) is 8. The number of nitrogens with two attached hydrogens (primary N) is 1. The number of benzene rings is 2. The van der Waals surface area contributed by atoms with Crippen molar-refractivity contribution in [2.45, 2.75) is 57.5 Å². The number of rotatable bonds is 7. The van der Waals surface area contributed by atoms with Gasteiger partial charge in [-0.3, -0.25) is 14.9 Å². The highest BCUT2D eigenvalue weighted by Crippen LogP contribution is 2.37. The number of carbonyl (C=O) groups excluding carboxylic acids is 3. The van der Waals surface area contributed by atoms with Gasteiger partial charge >= 0.3 is 12.3 Å². The summed E-state index contributed by atoms with van der Waals surface area (Å²) in [7, 11) is 0. The number of fused-ring (bicyclic) bond motifs is 1. The molecule has 0 aromatic heterocycles. The van der Waals surface area contributed by atoms with E-state index in [9.17, 15) is 27.6 Å². The van der Waals surface area contributed by atoms with Crippen LogP contribution < -0.4 is 36.5 Å². The maximum absolute atomic E-state index is 13.3. The van der Waals surface area contributed by atoms with Crippen LogP contribution in [0.3, 0.4) is 0 Å². The van der Waals surface area contributed by atoms with Crippen molar-refractivity contribution in [1.82, 2.24) is 16.0 Å². The summed E-state index contributed by atoms with van der Waals surface area (Å²) in [6, 6.07) is 5.62. The third kappa shape index (κ3) is 7.93. The van der Waals surface area contributed by atoms with E-state index in [-0.39, 0.29) is 24.6 Å². The van der Waals surface area contributed by atoms with Crippen LogP contribution in [0.5, 0.6) is 11.5 Å². The molecule has 0 spiro atoms. The molecule has 0 radical (unpaired) electrons. The van der Waals surface area contributed by atoms with E-state index in [1.54, 1.807) is 26.8 Å². The highest BCUT2D eigenvalue weighted by Gasteiger charge is 2.33. The number of ether oxygens (including phenoxy) is 3. The maximum Gasteiger partial charge on any atom is 0.416 e. The third-order valence-electron chi connectivity index (χ3n) is 6.32. The van der Waals surface area contributed by atoms with E-state index in [1.807, 2.05) is 6.07 Å². The molecule has 2 aromatic carbocycles. The van der Waals surface area contributed by atoms with Crippen molar-refractivity contribution in [2.24, 2.45) is 0 Å². The van der Waals surface area contributed by atoms with Crippen molar-refractivity contribution >= 4 is 29.3 Å². The standard InChI is InChI=1S/C27H32F3N5O6/c1-26(2,3)41-25(38)35-20-5-4-15(27(28,29)30)8-18(20)24(37)33-12-23(36)34-17-9-16(32-11-17)6-14-7-21-22(10-19(14)31)40-13-39-21/h4-5,7-8,10,16-17,32H,6,9,11-13,31H2,1-3H3,(H,33,37)(H,34,36)(H,35,38). The van der Waals surface area contributed by atoms with Gasteiger partial charge in [-0.15, -0.1) is 0 Å². The third-order valence-corrected chi connectivity index (χ3v) is 6.32. The van der Waals surface area contributed by atoms with Crippen LogP contribution in [0.1, 0.15) is 48.7 Å². The molecule has 0 saturated carbocycles. The molecule has 6 N–H and O–H groups in total. The predicted molar refractivity (Wildman–Crippen MR) is 143 cm³/mol. The minimum absolute atomic E-state index is 0.0177. The van der Waals surface area contributed by atoms with Gasteiger partial charge < -0.3 is 35.9 Å². The van der Waals surface area contributed by atoms with Crippen LogP contribution in [0.15, 0.2) is 30.3 Å². The highest BCUT2D eigenvalue weighted by molar-refractivity contribution is 6.04. The maximum atomic E-state index is 13.3. The lowest BCUT2D eigenvalue weighted by Gasteiger charge is -2.21. The van der Waals surface area contributed by atoms with Crippen LogP contribution in [0.2, 0.25) is 0 Å². The fraction of sp³-hybridized carbons (Fsp3) is 0.444. The van der Waals surface area contributed by atoms with E-state index < -0.39 is 47.4 Å². The number of amides is 3. The Labute approximate surface area is 234 Å². The summed E-state index contributed by atoms with van der Waals surface area (Å²) < 4.78 is 55.8. The largest absolute Gasteiger partial charge is 0.454 e. The highest BCUT2D eigenvalue weighted by atomic mass is 19.4. The molecule has 11 nitrogen and oxygen atoms in total. The molecule has 222 valence electrons. The van der Waals surface area contributed by atoms with Crippen LogP contribution in [-0.2, 0) is 22.1 Å². The number of hydrogen-bond donors (Lipinski definition) is 5. The van der Waals surface area contributed by atoms with Gasteiger partial charge in [-0.1, -0.05) is 0 Å². The quantitative estimate of drug-likeness (QED) is 0.314. The summed E-state index contributed by atoms with van der Waals surface area (Å²) >= 11 is 0. The van der Waals surface area contributed by atoms with E-state index in [1.165, 1.54) is 0 Å². The summed E-state index contributed by atoms with van der Waals surface area (Å²) in [6.07, 6.45) is -4.50. The van der Waals surface area contributed by atoms with Gasteiger partial charge in [-0.2, -0.15) is 13.2 Å². The van der Waals surface area contributed by atoms with Crippen LogP contribution >= 0.6 is 0 Å². The Morgan fingerprint density at radius 3 is 2.49 bits per heavy atom. The number of nitrogen functional groups attached to an aromatic ring is 1. The molecule has 2 atom stereocenters. The molecule has 2 aliphatic rings. The molecule has 41 heavy (non-hydrogen) atoms. The second-order valence-electron chi connectivity index (χ2n) is 10.8. The molecule has 0 bridgehead atoms. The topological polar surface area (TPSA) is 153 Å². The molecule has 2 aliphatic heterocycles. The summed E-state index contributed by atoms with van der Waals surface area (Å²) in [6.45, 7) is 4.96. The van der Waals surface area contributed by atoms with Gasteiger partial charge in [0, 0.05) is 30.4 Å². The average Bonchev–Trinajstić information content (AvgIpc) is 3.50. The molecule has 14 heteroatoms. The number of anilines is 2. The Kier molecular flexibility index (Phi) is 8.52.